The van der Waals surface area contributed by atoms with Crippen LogP contribution in [0.15, 0.2) is 36.5 Å². The van der Waals surface area contributed by atoms with E-state index in [1.165, 1.54) is 154 Å². The molecule has 0 aliphatic rings. The molecule has 0 aliphatic carbocycles. The maximum Gasteiger partial charge on any atom is 0.472 e. The molecule has 8 nitrogen and oxygen atoms in total. The maximum absolute atomic E-state index is 12.7. The molecular formula is C51H99NO7P+. The highest BCUT2D eigenvalue weighted by Crippen LogP contribution is 2.43. The molecule has 1 N–H and O–H groups in total. The molecule has 0 fully saturated rings. The summed E-state index contributed by atoms with van der Waals surface area (Å²) in [4.78, 5) is 22.9. The number of phosphoric acid groups is 1. The number of allylic oxidation sites excluding steroid dienone is 6. The second-order valence-electron chi connectivity index (χ2n) is 18.2. The second kappa shape index (κ2) is 44.3. The lowest BCUT2D eigenvalue weighted by molar-refractivity contribution is -0.870. The number of carbonyl (C=O) groups is 1. The molecule has 354 valence electrons. The van der Waals surface area contributed by atoms with Crippen molar-refractivity contribution in [2.45, 2.75) is 232 Å². The Morgan fingerprint density at radius 2 is 0.917 bits per heavy atom. The molecule has 2 unspecified atom stereocenters. The van der Waals surface area contributed by atoms with Gasteiger partial charge in [0.2, 0.25) is 0 Å². The number of carbonyl (C=O) groups excluding carboxylic acids is 1. The summed E-state index contributed by atoms with van der Waals surface area (Å²) >= 11 is 0. The molecular weight excluding hydrogens is 770 g/mol. The van der Waals surface area contributed by atoms with Crippen LogP contribution in [-0.4, -0.2) is 75.6 Å². The van der Waals surface area contributed by atoms with Gasteiger partial charge < -0.3 is 18.9 Å². The number of ether oxygens (including phenoxy) is 2. The van der Waals surface area contributed by atoms with E-state index in [9.17, 15) is 14.3 Å². The van der Waals surface area contributed by atoms with E-state index < -0.39 is 13.9 Å². The van der Waals surface area contributed by atoms with E-state index >= 15 is 0 Å². The number of likely N-dealkylation sites (N-methyl/N-ethyl adjacent to an activating group) is 1. The maximum atomic E-state index is 12.7. The molecule has 0 amide bonds. The molecule has 0 saturated heterocycles. The van der Waals surface area contributed by atoms with Crippen LogP contribution in [0.2, 0.25) is 0 Å². The molecule has 0 rings (SSSR count). The largest absolute Gasteiger partial charge is 0.472 e. The van der Waals surface area contributed by atoms with Crippen LogP contribution in [-0.2, 0) is 27.9 Å². The molecule has 0 radical (unpaired) electrons. The number of esters is 1. The van der Waals surface area contributed by atoms with Crippen molar-refractivity contribution in [1.29, 1.82) is 0 Å². The average molecular weight is 869 g/mol. The fourth-order valence-corrected chi connectivity index (χ4v) is 7.73. The molecule has 0 aliphatic heterocycles. The van der Waals surface area contributed by atoms with Gasteiger partial charge in [-0.15, -0.1) is 0 Å². The van der Waals surface area contributed by atoms with Crippen molar-refractivity contribution >= 4 is 13.8 Å². The van der Waals surface area contributed by atoms with Gasteiger partial charge in [-0.05, 0) is 70.6 Å². The van der Waals surface area contributed by atoms with E-state index in [1.54, 1.807) is 0 Å². The predicted octanol–water partition coefficient (Wildman–Crippen LogP) is 15.3. The Hall–Kier alpha value is -1.28. The second-order valence-corrected chi connectivity index (χ2v) is 19.6. The van der Waals surface area contributed by atoms with Crippen LogP contribution < -0.4 is 0 Å². The Kier molecular flexibility index (Phi) is 43.4. The smallest absolute Gasteiger partial charge is 0.457 e. The first-order chi connectivity index (χ1) is 29.1. The van der Waals surface area contributed by atoms with Gasteiger partial charge in [-0.25, -0.2) is 4.57 Å². The Morgan fingerprint density at radius 3 is 1.40 bits per heavy atom. The Balaban J connectivity index is 4.03. The number of nitrogens with zero attached hydrogens (tertiary/aromatic N) is 1. The molecule has 0 aromatic heterocycles. The topological polar surface area (TPSA) is 91.3 Å². The van der Waals surface area contributed by atoms with E-state index in [0.717, 1.165) is 51.4 Å². The van der Waals surface area contributed by atoms with Crippen molar-refractivity contribution in [1.82, 2.24) is 0 Å². The lowest BCUT2D eigenvalue weighted by atomic mass is 10.0. The zero-order valence-corrected chi connectivity index (χ0v) is 41.1. The van der Waals surface area contributed by atoms with Gasteiger partial charge >= 0.3 is 13.8 Å². The Bertz CT molecular complexity index is 1060. The third kappa shape index (κ3) is 47.8. The van der Waals surface area contributed by atoms with Gasteiger partial charge in [-0.1, -0.05) is 185 Å². The van der Waals surface area contributed by atoms with Gasteiger partial charge in [-0.2, -0.15) is 0 Å². The highest BCUT2D eigenvalue weighted by Gasteiger charge is 2.26. The van der Waals surface area contributed by atoms with Gasteiger partial charge in [0.1, 0.15) is 19.3 Å². The highest BCUT2D eigenvalue weighted by molar-refractivity contribution is 7.47. The first-order valence-corrected chi connectivity index (χ1v) is 26.7. The summed E-state index contributed by atoms with van der Waals surface area (Å²) < 4.78 is 35.1. The molecule has 9 heteroatoms. The normalized spacial score (nSPS) is 13.9. The van der Waals surface area contributed by atoms with E-state index in [1.807, 2.05) is 21.1 Å². The lowest BCUT2D eigenvalue weighted by Gasteiger charge is -2.24. The van der Waals surface area contributed by atoms with Gasteiger partial charge in [-0.3, -0.25) is 13.8 Å². The van der Waals surface area contributed by atoms with Crippen LogP contribution in [0.25, 0.3) is 0 Å². The number of quaternary nitrogens is 1. The van der Waals surface area contributed by atoms with Crippen LogP contribution >= 0.6 is 7.82 Å². The summed E-state index contributed by atoms with van der Waals surface area (Å²) in [5, 5.41) is 0. The average Bonchev–Trinajstić information content (AvgIpc) is 3.20. The van der Waals surface area contributed by atoms with Crippen molar-refractivity contribution in [3.05, 3.63) is 36.5 Å². The third-order valence-corrected chi connectivity index (χ3v) is 11.9. The quantitative estimate of drug-likeness (QED) is 0.0214. The van der Waals surface area contributed by atoms with Crippen molar-refractivity contribution in [2.24, 2.45) is 0 Å². The van der Waals surface area contributed by atoms with E-state index in [0.29, 0.717) is 24.1 Å². The van der Waals surface area contributed by atoms with Crippen LogP contribution in [0, 0.1) is 0 Å². The number of phosphoric ester groups is 1. The van der Waals surface area contributed by atoms with Gasteiger partial charge in [0.25, 0.3) is 0 Å². The van der Waals surface area contributed by atoms with E-state index in [2.05, 4.69) is 50.3 Å². The van der Waals surface area contributed by atoms with Crippen molar-refractivity contribution in [3.8, 4) is 0 Å². The summed E-state index contributed by atoms with van der Waals surface area (Å²) in [5.41, 5.74) is 0. The van der Waals surface area contributed by atoms with Gasteiger partial charge in [0, 0.05) is 13.0 Å². The first-order valence-electron chi connectivity index (χ1n) is 25.2. The number of unbranched alkanes of at least 4 members (excludes halogenated alkanes) is 27. The first kappa shape index (κ1) is 58.7. The number of rotatable bonds is 47. The molecule has 0 saturated carbocycles. The number of hydrogen-bond acceptors (Lipinski definition) is 6. The van der Waals surface area contributed by atoms with Crippen LogP contribution in [0.1, 0.15) is 226 Å². The summed E-state index contributed by atoms with van der Waals surface area (Å²) in [5.74, 6) is -0.322. The molecule has 0 spiro atoms. The molecule has 0 heterocycles. The fourth-order valence-electron chi connectivity index (χ4n) is 6.99. The molecule has 0 bridgehead atoms. The van der Waals surface area contributed by atoms with Gasteiger partial charge in [0.15, 0.2) is 0 Å². The van der Waals surface area contributed by atoms with Crippen LogP contribution in [0.4, 0.5) is 0 Å². The van der Waals surface area contributed by atoms with Gasteiger partial charge in [0.05, 0.1) is 34.4 Å². The third-order valence-electron chi connectivity index (χ3n) is 10.9. The Morgan fingerprint density at radius 1 is 0.517 bits per heavy atom. The van der Waals surface area contributed by atoms with Crippen LogP contribution in [0.3, 0.4) is 0 Å². The summed E-state index contributed by atoms with van der Waals surface area (Å²) in [6.07, 6.45) is 53.4. The van der Waals surface area contributed by atoms with Crippen LogP contribution in [0.5, 0.6) is 0 Å². The molecule has 2 atom stereocenters. The van der Waals surface area contributed by atoms with E-state index in [4.69, 9.17) is 18.5 Å². The SMILES string of the molecule is CCCCC/C=C\CCCCCCCC(=O)OC(COCCCCCCCCCCCCCCCC/C=C\C/C=C\CCCCCCC)COP(=O)(O)OCC[N+](C)(C)C. The molecule has 0 aromatic carbocycles. The van der Waals surface area contributed by atoms with Crippen molar-refractivity contribution in [2.75, 3.05) is 54.1 Å². The summed E-state index contributed by atoms with van der Waals surface area (Å²) in [6, 6.07) is 0. The monoisotopic (exact) mass is 869 g/mol. The van der Waals surface area contributed by atoms with Crippen molar-refractivity contribution in [3.63, 3.8) is 0 Å². The van der Waals surface area contributed by atoms with E-state index in [-0.39, 0.29) is 25.8 Å². The van der Waals surface area contributed by atoms with Crippen molar-refractivity contribution < 1.29 is 37.3 Å². The molecule has 60 heavy (non-hydrogen) atoms. The predicted molar refractivity (Wildman–Crippen MR) is 256 cm³/mol. The minimum absolute atomic E-state index is 0.0876. The highest BCUT2D eigenvalue weighted by atomic mass is 31.2. The standard InChI is InChI=1S/C51H98NO7P/c1-6-8-10-12-14-16-18-20-21-22-23-24-25-26-27-28-29-30-31-32-33-35-37-39-41-43-46-56-48-50(49-58-60(54,55)57-47-45-52(3,4)5)59-51(53)44-42-40-38-36-34-19-17-15-13-11-9-7-2/h15,17-18,20,22-23,50H,6-14,16,19,21,24-49H2,1-5H3/p+1/b17-15-,20-18-,23-22-. The summed E-state index contributed by atoms with van der Waals surface area (Å²) in [7, 11) is 1.67. The zero-order chi connectivity index (χ0) is 44.1. The summed E-state index contributed by atoms with van der Waals surface area (Å²) in [6.45, 7) is 5.60. The lowest BCUT2D eigenvalue weighted by Crippen LogP contribution is -2.37. The molecule has 0 aromatic rings. The Labute approximate surface area is 372 Å². The number of hydrogen-bond donors (Lipinski definition) is 1. The minimum atomic E-state index is -4.28. The minimum Gasteiger partial charge on any atom is -0.457 e. The zero-order valence-electron chi connectivity index (χ0n) is 40.2. The fraction of sp³-hybridized carbons (Fsp3) is 0.863.